The first-order valence-electron chi connectivity index (χ1n) is 7.93. The Bertz CT molecular complexity index is 882. The fourth-order valence-corrected chi connectivity index (χ4v) is 3.30. The molecule has 1 aliphatic heterocycles. The lowest BCUT2D eigenvalue weighted by Gasteiger charge is -2.34. The van der Waals surface area contributed by atoms with E-state index in [2.05, 4.69) is 22.2 Å². The van der Waals surface area contributed by atoms with Crippen LogP contribution < -0.4 is 0 Å². The van der Waals surface area contributed by atoms with Gasteiger partial charge in [-0.25, -0.2) is 4.98 Å². The quantitative estimate of drug-likeness (QED) is 0.728. The molecule has 2 aromatic heterocycles. The molecule has 0 saturated heterocycles. The Morgan fingerprint density at radius 3 is 2.79 bits per heavy atom. The van der Waals surface area contributed by atoms with Crippen LogP contribution in [0.4, 0.5) is 0 Å². The molecule has 6 heteroatoms. The van der Waals surface area contributed by atoms with E-state index in [1.807, 2.05) is 34.0 Å². The minimum absolute atomic E-state index is 0.00164. The third-order valence-corrected chi connectivity index (χ3v) is 4.40. The van der Waals surface area contributed by atoms with Crippen LogP contribution in [0.2, 0.25) is 0 Å². The number of hydrogen-bond donors (Lipinski definition) is 0. The van der Waals surface area contributed by atoms with Crippen LogP contribution in [0.5, 0.6) is 0 Å². The fraction of sp³-hybridized carbons (Fsp3) is 0.278. The predicted octanol–water partition coefficient (Wildman–Crippen LogP) is 2.73. The van der Waals surface area contributed by atoms with Crippen molar-refractivity contribution in [2.45, 2.75) is 26.4 Å². The molecule has 1 amide bonds. The zero-order chi connectivity index (χ0) is 16.7. The van der Waals surface area contributed by atoms with Crippen LogP contribution in [0.25, 0.3) is 0 Å². The van der Waals surface area contributed by atoms with Gasteiger partial charge in [-0.15, -0.1) is 0 Å². The van der Waals surface area contributed by atoms with Crippen LogP contribution in [-0.4, -0.2) is 32.1 Å². The van der Waals surface area contributed by atoms with E-state index in [-0.39, 0.29) is 11.9 Å². The van der Waals surface area contributed by atoms with Gasteiger partial charge in [-0.3, -0.25) is 9.48 Å². The van der Waals surface area contributed by atoms with Gasteiger partial charge in [-0.05, 0) is 24.1 Å². The molecule has 0 N–H and O–H groups in total. The van der Waals surface area contributed by atoms with Crippen LogP contribution in [0, 0.1) is 13.8 Å². The zero-order valence-electron chi connectivity index (χ0n) is 13.6. The molecule has 0 spiro atoms. The van der Waals surface area contributed by atoms with Crippen molar-refractivity contribution >= 4 is 5.91 Å². The van der Waals surface area contributed by atoms with Crippen molar-refractivity contribution in [2.24, 2.45) is 0 Å². The Morgan fingerprint density at radius 1 is 1.25 bits per heavy atom. The molecule has 3 heterocycles. The first-order valence-corrected chi connectivity index (χ1v) is 7.93. The molecule has 0 aliphatic carbocycles. The van der Waals surface area contributed by atoms with Crippen molar-refractivity contribution in [3.8, 4) is 0 Å². The van der Waals surface area contributed by atoms with Gasteiger partial charge in [0.15, 0.2) is 5.89 Å². The van der Waals surface area contributed by atoms with Gasteiger partial charge in [-0.2, -0.15) is 5.10 Å². The van der Waals surface area contributed by atoms with Crippen molar-refractivity contribution in [1.82, 2.24) is 19.7 Å². The van der Waals surface area contributed by atoms with Crippen molar-refractivity contribution in [2.75, 3.05) is 6.54 Å². The Hall–Kier alpha value is -2.89. The number of hydrogen-bond acceptors (Lipinski definition) is 4. The number of rotatable bonds is 2. The molecule has 0 bridgehead atoms. The summed E-state index contributed by atoms with van der Waals surface area (Å²) in [6, 6.07) is 10.1. The van der Waals surface area contributed by atoms with E-state index in [4.69, 9.17) is 4.42 Å². The number of nitrogens with zero attached hydrogens (tertiary/aromatic N) is 4. The summed E-state index contributed by atoms with van der Waals surface area (Å²) in [7, 11) is 0. The van der Waals surface area contributed by atoms with E-state index in [9.17, 15) is 4.79 Å². The zero-order valence-corrected chi connectivity index (χ0v) is 13.6. The molecular weight excluding hydrogens is 304 g/mol. The topological polar surface area (TPSA) is 64.2 Å². The minimum atomic E-state index is -0.125. The summed E-state index contributed by atoms with van der Waals surface area (Å²) in [6.45, 7) is 4.66. The molecule has 4 rings (SSSR count). The fourth-order valence-electron chi connectivity index (χ4n) is 3.30. The number of fused-ring (bicyclic) bond motifs is 1. The summed E-state index contributed by atoms with van der Waals surface area (Å²) in [4.78, 5) is 18.9. The number of carbonyl (C=O) groups is 1. The summed E-state index contributed by atoms with van der Waals surface area (Å²) in [5.41, 5.74) is 2.97. The van der Waals surface area contributed by atoms with Gasteiger partial charge in [0.05, 0.1) is 11.7 Å². The van der Waals surface area contributed by atoms with E-state index in [0.29, 0.717) is 30.4 Å². The highest BCUT2D eigenvalue weighted by Crippen LogP contribution is 2.30. The Labute approximate surface area is 139 Å². The standard InChI is InChI=1S/C18H18N4O2/c1-12-17(24-13(2)20-12)18(23)21-10-14-6-3-4-7-15(14)16(11-21)22-9-5-8-19-22/h3-9,16H,10-11H2,1-2H3. The average Bonchev–Trinajstić information content (AvgIpc) is 3.22. The molecular formula is C18H18N4O2. The highest BCUT2D eigenvalue weighted by atomic mass is 16.4. The van der Waals surface area contributed by atoms with Gasteiger partial charge < -0.3 is 9.32 Å². The summed E-state index contributed by atoms with van der Waals surface area (Å²) in [5.74, 6) is 0.711. The first kappa shape index (κ1) is 14.7. The maximum Gasteiger partial charge on any atom is 0.291 e. The molecule has 24 heavy (non-hydrogen) atoms. The number of aryl methyl sites for hydroxylation is 2. The monoisotopic (exact) mass is 322 g/mol. The molecule has 1 unspecified atom stereocenters. The SMILES string of the molecule is Cc1nc(C)c(C(=O)N2Cc3ccccc3C(n3cccn3)C2)o1. The molecule has 0 saturated carbocycles. The third kappa shape index (κ3) is 2.40. The maximum absolute atomic E-state index is 12.9. The van der Waals surface area contributed by atoms with Gasteiger partial charge >= 0.3 is 0 Å². The Kier molecular flexibility index (Phi) is 3.45. The summed E-state index contributed by atoms with van der Waals surface area (Å²) >= 11 is 0. The highest BCUT2D eigenvalue weighted by molar-refractivity contribution is 5.92. The first-order chi connectivity index (χ1) is 11.6. The Morgan fingerprint density at radius 2 is 2.08 bits per heavy atom. The summed E-state index contributed by atoms with van der Waals surface area (Å²) in [6.07, 6.45) is 3.69. The number of benzene rings is 1. The van der Waals surface area contributed by atoms with Crippen LogP contribution in [0.1, 0.15) is 39.3 Å². The average molecular weight is 322 g/mol. The van der Waals surface area contributed by atoms with Crippen molar-refractivity contribution in [3.63, 3.8) is 0 Å². The summed E-state index contributed by atoms with van der Waals surface area (Å²) < 4.78 is 7.42. The van der Waals surface area contributed by atoms with E-state index < -0.39 is 0 Å². The van der Waals surface area contributed by atoms with Crippen molar-refractivity contribution in [1.29, 1.82) is 0 Å². The normalized spacial score (nSPS) is 16.9. The summed E-state index contributed by atoms with van der Waals surface area (Å²) in [5, 5.41) is 4.37. The van der Waals surface area contributed by atoms with Crippen LogP contribution in [-0.2, 0) is 6.54 Å². The van der Waals surface area contributed by atoms with Gasteiger partial charge in [0.1, 0.15) is 0 Å². The van der Waals surface area contributed by atoms with Crippen LogP contribution in [0.15, 0.2) is 47.1 Å². The number of amides is 1. The van der Waals surface area contributed by atoms with E-state index >= 15 is 0 Å². The lowest BCUT2D eigenvalue weighted by molar-refractivity contribution is 0.0671. The molecule has 1 aliphatic rings. The van der Waals surface area contributed by atoms with Gasteiger partial charge in [-0.1, -0.05) is 24.3 Å². The van der Waals surface area contributed by atoms with Crippen molar-refractivity contribution in [3.05, 3.63) is 71.2 Å². The number of aromatic nitrogens is 3. The maximum atomic E-state index is 12.9. The van der Waals surface area contributed by atoms with Gasteiger partial charge in [0, 0.05) is 32.4 Å². The van der Waals surface area contributed by atoms with Gasteiger partial charge in [0.2, 0.25) is 5.76 Å². The van der Waals surface area contributed by atoms with Crippen LogP contribution in [0.3, 0.4) is 0 Å². The van der Waals surface area contributed by atoms with Gasteiger partial charge in [0.25, 0.3) is 5.91 Å². The lowest BCUT2D eigenvalue weighted by atomic mass is 9.95. The molecule has 3 aromatic rings. The molecule has 0 radical (unpaired) electrons. The lowest BCUT2D eigenvalue weighted by Crippen LogP contribution is -2.40. The largest absolute Gasteiger partial charge is 0.436 e. The smallest absolute Gasteiger partial charge is 0.291 e. The highest BCUT2D eigenvalue weighted by Gasteiger charge is 2.32. The molecule has 122 valence electrons. The minimum Gasteiger partial charge on any atom is -0.436 e. The predicted molar refractivity (Wildman–Crippen MR) is 87.5 cm³/mol. The molecule has 0 fully saturated rings. The molecule has 1 atom stereocenters. The van der Waals surface area contributed by atoms with E-state index in [1.165, 1.54) is 5.56 Å². The van der Waals surface area contributed by atoms with Crippen LogP contribution >= 0.6 is 0 Å². The van der Waals surface area contributed by atoms with E-state index in [1.54, 1.807) is 20.0 Å². The van der Waals surface area contributed by atoms with E-state index in [0.717, 1.165) is 5.56 Å². The Balaban J connectivity index is 1.72. The molecule has 1 aromatic carbocycles. The third-order valence-electron chi connectivity index (χ3n) is 4.40. The molecule has 6 nitrogen and oxygen atoms in total. The second-order valence-corrected chi connectivity index (χ2v) is 6.03. The number of carbonyl (C=O) groups excluding carboxylic acids is 1. The second kappa shape index (κ2) is 5.63. The van der Waals surface area contributed by atoms with Crippen molar-refractivity contribution < 1.29 is 9.21 Å². The number of oxazole rings is 1. The second-order valence-electron chi connectivity index (χ2n) is 6.03.